The van der Waals surface area contributed by atoms with Crippen molar-refractivity contribution < 1.29 is 0 Å². The maximum atomic E-state index is 5.63. The summed E-state index contributed by atoms with van der Waals surface area (Å²) in [7, 11) is 0. The van der Waals surface area contributed by atoms with E-state index in [2.05, 4.69) is 34.8 Å². The van der Waals surface area contributed by atoms with Crippen LogP contribution in [0.1, 0.15) is 19.5 Å². The van der Waals surface area contributed by atoms with Gasteiger partial charge in [0.15, 0.2) is 4.96 Å². The van der Waals surface area contributed by atoms with E-state index in [1.807, 2.05) is 11.8 Å². The summed E-state index contributed by atoms with van der Waals surface area (Å²) in [6.45, 7) is 5.05. The molecule has 2 heterocycles. The predicted octanol–water partition coefficient (Wildman–Crippen LogP) is 2.40. The summed E-state index contributed by atoms with van der Waals surface area (Å²) in [5.41, 5.74) is 6.89. The Bertz CT molecular complexity index is 444. The molecule has 0 spiro atoms. The fourth-order valence-corrected chi connectivity index (χ4v) is 3.21. The van der Waals surface area contributed by atoms with Gasteiger partial charge in [0.1, 0.15) is 5.03 Å². The number of aromatic nitrogens is 2. The second-order valence-electron chi connectivity index (χ2n) is 3.62. The standard InChI is InChI=1S/C10H15N3S2/c1-7(2)15-9-8(3-4-11)13-5-6-14-10(13)12-9/h5-7H,3-4,11H2,1-2H3. The zero-order valence-corrected chi connectivity index (χ0v) is 10.6. The Morgan fingerprint density at radius 3 is 3.07 bits per heavy atom. The maximum Gasteiger partial charge on any atom is 0.194 e. The minimum absolute atomic E-state index is 0.561. The third-order valence-electron chi connectivity index (χ3n) is 2.05. The SMILES string of the molecule is CC(C)Sc1nc2sccn2c1CCN. The van der Waals surface area contributed by atoms with Gasteiger partial charge < -0.3 is 5.73 Å². The number of thioether (sulfide) groups is 1. The maximum absolute atomic E-state index is 5.63. The normalized spacial score (nSPS) is 11.7. The van der Waals surface area contributed by atoms with Gasteiger partial charge in [-0.15, -0.1) is 23.1 Å². The Hall–Kier alpha value is -0.520. The summed E-state index contributed by atoms with van der Waals surface area (Å²) < 4.78 is 2.15. The van der Waals surface area contributed by atoms with E-state index < -0.39 is 0 Å². The average Bonchev–Trinajstić information content (AvgIpc) is 2.69. The van der Waals surface area contributed by atoms with Crippen molar-refractivity contribution in [2.24, 2.45) is 5.73 Å². The molecular weight excluding hydrogens is 226 g/mol. The minimum atomic E-state index is 0.561. The lowest BCUT2D eigenvalue weighted by atomic mass is 10.3. The Labute approximate surface area is 97.7 Å². The summed E-state index contributed by atoms with van der Waals surface area (Å²) in [6, 6.07) is 0. The first-order valence-corrected chi connectivity index (χ1v) is 6.79. The topological polar surface area (TPSA) is 43.3 Å². The van der Waals surface area contributed by atoms with Crippen LogP contribution in [0.2, 0.25) is 0 Å². The lowest BCUT2D eigenvalue weighted by molar-refractivity contribution is 0.877. The van der Waals surface area contributed by atoms with E-state index in [9.17, 15) is 0 Å². The van der Waals surface area contributed by atoms with Gasteiger partial charge in [-0.25, -0.2) is 4.98 Å². The zero-order valence-electron chi connectivity index (χ0n) is 8.93. The molecule has 0 aliphatic heterocycles. The van der Waals surface area contributed by atoms with Crippen LogP contribution in [0.25, 0.3) is 4.96 Å². The smallest absolute Gasteiger partial charge is 0.194 e. The molecule has 15 heavy (non-hydrogen) atoms. The first kappa shape index (κ1) is 11.0. The quantitative estimate of drug-likeness (QED) is 0.836. The molecule has 0 saturated heterocycles. The van der Waals surface area contributed by atoms with E-state index in [0.717, 1.165) is 16.4 Å². The molecule has 0 aromatic carbocycles. The number of nitrogens with zero attached hydrogens (tertiary/aromatic N) is 2. The second kappa shape index (κ2) is 4.55. The van der Waals surface area contributed by atoms with Gasteiger partial charge in [-0.3, -0.25) is 4.40 Å². The van der Waals surface area contributed by atoms with Crippen molar-refractivity contribution in [2.75, 3.05) is 6.54 Å². The third-order valence-corrected chi connectivity index (χ3v) is 3.83. The van der Waals surface area contributed by atoms with Crippen molar-refractivity contribution in [3.05, 3.63) is 17.3 Å². The monoisotopic (exact) mass is 241 g/mol. The molecule has 0 amide bonds. The number of hydrogen-bond acceptors (Lipinski definition) is 4. The Kier molecular flexibility index (Phi) is 3.33. The van der Waals surface area contributed by atoms with E-state index in [0.29, 0.717) is 11.8 Å². The summed E-state index contributed by atoms with van der Waals surface area (Å²) >= 11 is 3.49. The van der Waals surface area contributed by atoms with E-state index >= 15 is 0 Å². The first-order valence-electron chi connectivity index (χ1n) is 5.03. The molecule has 3 nitrogen and oxygen atoms in total. The Morgan fingerprint density at radius 1 is 1.60 bits per heavy atom. The molecule has 2 aromatic heterocycles. The van der Waals surface area contributed by atoms with Gasteiger partial charge in [0.05, 0.1) is 5.69 Å². The molecule has 0 atom stereocenters. The van der Waals surface area contributed by atoms with Crippen molar-refractivity contribution in [2.45, 2.75) is 30.5 Å². The molecule has 0 aliphatic rings. The number of fused-ring (bicyclic) bond motifs is 1. The van der Waals surface area contributed by atoms with Crippen LogP contribution in [0.3, 0.4) is 0 Å². The number of rotatable bonds is 4. The number of imidazole rings is 1. The second-order valence-corrected chi connectivity index (χ2v) is 6.06. The molecule has 2 N–H and O–H groups in total. The highest BCUT2D eigenvalue weighted by Crippen LogP contribution is 2.28. The van der Waals surface area contributed by atoms with Crippen molar-refractivity contribution >= 4 is 28.1 Å². The van der Waals surface area contributed by atoms with Gasteiger partial charge >= 0.3 is 0 Å². The molecule has 0 bridgehead atoms. The largest absolute Gasteiger partial charge is 0.330 e. The molecular formula is C10H15N3S2. The van der Waals surface area contributed by atoms with E-state index in [1.54, 1.807) is 11.3 Å². The molecule has 0 radical (unpaired) electrons. The molecule has 0 fully saturated rings. The summed E-state index contributed by atoms with van der Waals surface area (Å²) in [5, 5.41) is 3.76. The number of hydrogen-bond donors (Lipinski definition) is 1. The van der Waals surface area contributed by atoms with Crippen molar-refractivity contribution in [3.63, 3.8) is 0 Å². The van der Waals surface area contributed by atoms with E-state index in [4.69, 9.17) is 5.73 Å². The zero-order chi connectivity index (χ0) is 10.8. The molecule has 2 rings (SSSR count). The minimum Gasteiger partial charge on any atom is -0.330 e. The van der Waals surface area contributed by atoms with Crippen LogP contribution in [-0.2, 0) is 6.42 Å². The van der Waals surface area contributed by atoms with Crippen molar-refractivity contribution in [3.8, 4) is 0 Å². The predicted molar refractivity (Wildman–Crippen MR) is 66.8 cm³/mol. The van der Waals surface area contributed by atoms with Crippen LogP contribution in [0.15, 0.2) is 16.6 Å². The molecule has 0 unspecified atom stereocenters. The van der Waals surface area contributed by atoms with Gasteiger partial charge in [0.2, 0.25) is 0 Å². The van der Waals surface area contributed by atoms with Gasteiger partial charge in [-0.2, -0.15) is 0 Å². The van der Waals surface area contributed by atoms with Gasteiger partial charge in [-0.1, -0.05) is 13.8 Å². The highest BCUT2D eigenvalue weighted by atomic mass is 32.2. The first-order chi connectivity index (χ1) is 7.22. The van der Waals surface area contributed by atoms with E-state index in [1.165, 1.54) is 5.69 Å². The van der Waals surface area contributed by atoms with Gasteiger partial charge in [0, 0.05) is 23.2 Å². The summed E-state index contributed by atoms with van der Waals surface area (Å²) in [5.74, 6) is 0. The highest BCUT2D eigenvalue weighted by molar-refractivity contribution is 7.99. The molecule has 82 valence electrons. The fraction of sp³-hybridized carbons (Fsp3) is 0.500. The van der Waals surface area contributed by atoms with Crippen LogP contribution in [0.5, 0.6) is 0 Å². The van der Waals surface area contributed by atoms with Crippen LogP contribution >= 0.6 is 23.1 Å². The fourth-order valence-electron chi connectivity index (χ4n) is 1.49. The van der Waals surface area contributed by atoms with Gasteiger partial charge in [-0.05, 0) is 6.54 Å². The Morgan fingerprint density at radius 2 is 2.40 bits per heavy atom. The van der Waals surface area contributed by atoms with Crippen molar-refractivity contribution in [1.82, 2.24) is 9.38 Å². The molecule has 2 aromatic rings. The Balaban J connectivity index is 2.42. The van der Waals surface area contributed by atoms with Crippen LogP contribution in [0, 0.1) is 0 Å². The molecule has 5 heteroatoms. The van der Waals surface area contributed by atoms with Gasteiger partial charge in [0.25, 0.3) is 0 Å². The van der Waals surface area contributed by atoms with E-state index in [-0.39, 0.29) is 0 Å². The summed E-state index contributed by atoms with van der Waals surface area (Å²) in [4.78, 5) is 5.69. The highest BCUT2D eigenvalue weighted by Gasteiger charge is 2.13. The average molecular weight is 241 g/mol. The van der Waals surface area contributed by atoms with Crippen LogP contribution in [0.4, 0.5) is 0 Å². The lowest BCUT2D eigenvalue weighted by Crippen LogP contribution is -2.06. The van der Waals surface area contributed by atoms with Crippen molar-refractivity contribution in [1.29, 1.82) is 0 Å². The third kappa shape index (κ3) is 2.19. The molecule has 0 aliphatic carbocycles. The van der Waals surface area contributed by atoms with Crippen LogP contribution < -0.4 is 5.73 Å². The lowest BCUT2D eigenvalue weighted by Gasteiger charge is -2.04. The molecule has 0 saturated carbocycles. The van der Waals surface area contributed by atoms with Crippen LogP contribution in [-0.4, -0.2) is 21.2 Å². The summed E-state index contributed by atoms with van der Waals surface area (Å²) in [6.07, 6.45) is 2.97. The number of nitrogens with two attached hydrogens (primary N) is 1. The number of thiazole rings is 1.